The summed E-state index contributed by atoms with van der Waals surface area (Å²) in [6, 6.07) is 8.12. The van der Waals surface area contributed by atoms with Gasteiger partial charge in [-0.2, -0.15) is 0 Å². The van der Waals surface area contributed by atoms with Crippen molar-refractivity contribution in [2.24, 2.45) is 5.92 Å². The third kappa shape index (κ3) is 7.51. The van der Waals surface area contributed by atoms with E-state index in [4.69, 9.17) is 9.47 Å². The average molecular weight is 362 g/mol. The Kier molecular flexibility index (Phi) is 9.85. The van der Waals surface area contributed by atoms with Crippen LogP contribution in [-0.4, -0.2) is 24.2 Å². The molecule has 26 heavy (non-hydrogen) atoms. The number of hydrogen-bond donors (Lipinski definition) is 1. The first-order chi connectivity index (χ1) is 12.4. The van der Waals surface area contributed by atoms with Crippen molar-refractivity contribution in [3.63, 3.8) is 0 Å². The number of H-pyrrole nitrogens is 1. The molecule has 1 unspecified atom stereocenters. The normalized spacial score (nSPS) is 11.8. The van der Waals surface area contributed by atoms with E-state index in [-0.39, 0.29) is 12.1 Å². The molecule has 0 spiro atoms. The standard InChI is InChI=1S/C12H24O2.C10H11NO/c1-5-8-10(4)14-12(13)9-11(6-2)7-3;1-7-5-8-6-9(12-2)3-4-10(8)11-7/h10-11H,5-9H2,1-4H3;3-6,11H,1-2H3. The van der Waals surface area contributed by atoms with Crippen LogP contribution in [0.15, 0.2) is 24.3 Å². The van der Waals surface area contributed by atoms with E-state index in [0.717, 1.165) is 36.9 Å². The molecule has 2 rings (SSSR count). The number of nitrogens with one attached hydrogen (secondary N) is 1. The van der Waals surface area contributed by atoms with E-state index in [1.54, 1.807) is 7.11 Å². The number of hydrogen-bond acceptors (Lipinski definition) is 3. The van der Waals surface area contributed by atoms with E-state index in [1.807, 2.05) is 32.0 Å². The predicted octanol–water partition coefficient (Wildman–Crippen LogP) is 6.03. The Morgan fingerprint density at radius 2 is 1.85 bits per heavy atom. The summed E-state index contributed by atoms with van der Waals surface area (Å²) in [5, 5.41) is 1.20. The molecule has 1 heterocycles. The number of benzene rings is 1. The average Bonchev–Trinajstić information content (AvgIpc) is 2.99. The molecule has 0 aliphatic heterocycles. The van der Waals surface area contributed by atoms with Crippen molar-refractivity contribution in [3.05, 3.63) is 30.0 Å². The molecule has 0 saturated carbocycles. The van der Waals surface area contributed by atoms with Crippen LogP contribution in [0, 0.1) is 12.8 Å². The lowest BCUT2D eigenvalue weighted by atomic mass is 10.00. The molecule has 4 heteroatoms. The number of carbonyl (C=O) groups is 1. The van der Waals surface area contributed by atoms with Crippen LogP contribution in [-0.2, 0) is 9.53 Å². The summed E-state index contributed by atoms with van der Waals surface area (Å²) in [7, 11) is 1.68. The highest BCUT2D eigenvalue weighted by atomic mass is 16.5. The predicted molar refractivity (Wildman–Crippen MR) is 109 cm³/mol. The Morgan fingerprint density at radius 3 is 2.42 bits per heavy atom. The highest BCUT2D eigenvalue weighted by Crippen LogP contribution is 2.20. The van der Waals surface area contributed by atoms with E-state index >= 15 is 0 Å². The summed E-state index contributed by atoms with van der Waals surface area (Å²) in [5.74, 6) is 1.37. The zero-order chi connectivity index (χ0) is 19.5. The van der Waals surface area contributed by atoms with Crippen molar-refractivity contribution < 1.29 is 14.3 Å². The third-order valence-corrected chi connectivity index (χ3v) is 4.60. The molecule has 2 aromatic rings. The molecule has 0 amide bonds. The molecular weight excluding hydrogens is 326 g/mol. The molecule has 1 aromatic carbocycles. The first kappa shape index (κ1) is 22.1. The summed E-state index contributed by atoms with van der Waals surface area (Å²) in [5.41, 5.74) is 2.34. The van der Waals surface area contributed by atoms with Crippen LogP contribution in [0.5, 0.6) is 5.75 Å². The first-order valence-corrected chi connectivity index (χ1v) is 9.76. The summed E-state index contributed by atoms with van der Waals surface area (Å²) in [4.78, 5) is 14.7. The van der Waals surface area contributed by atoms with Gasteiger partial charge in [0.05, 0.1) is 13.2 Å². The lowest BCUT2D eigenvalue weighted by Gasteiger charge is -2.15. The maximum atomic E-state index is 11.4. The minimum Gasteiger partial charge on any atom is -0.497 e. The molecule has 146 valence electrons. The summed E-state index contributed by atoms with van der Waals surface area (Å²) < 4.78 is 10.4. The van der Waals surface area contributed by atoms with E-state index in [1.165, 1.54) is 11.1 Å². The number of aryl methyl sites for hydroxylation is 1. The number of aromatic amines is 1. The van der Waals surface area contributed by atoms with Gasteiger partial charge in [0, 0.05) is 23.0 Å². The number of methoxy groups -OCH3 is 1. The molecule has 1 N–H and O–H groups in total. The monoisotopic (exact) mass is 361 g/mol. The van der Waals surface area contributed by atoms with Gasteiger partial charge in [-0.3, -0.25) is 4.79 Å². The number of ether oxygens (including phenoxy) is 2. The summed E-state index contributed by atoms with van der Waals surface area (Å²) >= 11 is 0. The minimum absolute atomic E-state index is 0.0281. The zero-order valence-corrected chi connectivity index (χ0v) is 17.2. The maximum Gasteiger partial charge on any atom is 0.306 e. The van der Waals surface area contributed by atoms with Crippen molar-refractivity contribution >= 4 is 16.9 Å². The lowest BCUT2D eigenvalue weighted by molar-refractivity contribution is -0.149. The van der Waals surface area contributed by atoms with Gasteiger partial charge in [0.15, 0.2) is 0 Å². The fraction of sp³-hybridized carbons (Fsp3) is 0.591. The number of fused-ring (bicyclic) bond motifs is 1. The number of esters is 1. The molecule has 0 radical (unpaired) electrons. The van der Waals surface area contributed by atoms with Crippen molar-refractivity contribution in [3.8, 4) is 5.75 Å². The van der Waals surface area contributed by atoms with Crippen molar-refractivity contribution in [1.82, 2.24) is 4.98 Å². The molecule has 0 aliphatic rings. The van der Waals surface area contributed by atoms with E-state index in [2.05, 4.69) is 31.8 Å². The highest BCUT2D eigenvalue weighted by Gasteiger charge is 2.13. The van der Waals surface area contributed by atoms with Crippen molar-refractivity contribution in [2.45, 2.75) is 72.8 Å². The second-order valence-corrected chi connectivity index (χ2v) is 6.88. The van der Waals surface area contributed by atoms with Crippen LogP contribution in [0.2, 0.25) is 0 Å². The molecule has 0 saturated heterocycles. The molecule has 0 fully saturated rings. The van der Waals surface area contributed by atoms with Crippen LogP contribution in [0.3, 0.4) is 0 Å². The summed E-state index contributed by atoms with van der Waals surface area (Å²) in [6.07, 6.45) is 4.83. The number of rotatable bonds is 8. The van der Waals surface area contributed by atoms with Crippen molar-refractivity contribution in [2.75, 3.05) is 7.11 Å². The molecule has 4 nitrogen and oxygen atoms in total. The van der Waals surface area contributed by atoms with Gasteiger partial charge in [0.2, 0.25) is 0 Å². The molecule has 0 bridgehead atoms. The van der Waals surface area contributed by atoms with Gasteiger partial charge in [0.1, 0.15) is 5.75 Å². The minimum atomic E-state index is -0.0281. The van der Waals surface area contributed by atoms with Gasteiger partial charge in [-0.25, -0.2) is 0 Å². The van der Waals surface area contributed by atoms with Crippen LogP contribution in [0.4, 0.5) is 0 Å². The topological polar surface area (TPSA) is 51.3 Å². The van der Waals surface area contributed by atoms with Crippen LogP contribution < -0.4 is 4.74 Å². The third-order valence-electron chi connectivity index (χ3n) is 4.60. The Morgan fingerprint density at radius 1 is 1.15 bits per heavy atom. The summed E-state index contributed by atoms with van der Waals surface area (Å²) in [6.45, 7) is 10.4. The molecule has 1 aromatic heterocycles. The van der Waals surface area contributed by atoms with E-state index in [9.17, 15) is 4.79 Å². The van der Waals surface area contributed by atoms with E-state index in [0.29, 0.717) is 12.3 Å². The SMILES string of the molecule is CCCC(C)OC(=O)CC(CC)CC.COc1ccc2[nH]c(C)cc2c1. The van der Waals surface area contributed by atoms with Gasteiger partial charge in [0.25, 0.3) is 0 Å². The second kappa shape index (κ2) is 11.6. The lowest BCUT2D eigenvalue weighted by Crippen LogP contribution is -2.17. The molecule has 0 aliphatic carbocycles. The molecule has 1 atom stereocenters. The Labute approximate surface area is 158 Å². The molecular formula is C22H35NO3. The van der Waals surface area contributed by atoms with Crippen molar-refractivity contribution in [1.29, 1.82) is 0 Å². The fourth-order valence-electron chi connectivity index (χ4n) is 2.93. The van der Waals surface area contributed by atoms with Gasteiger partial charge in [-0.1, -0.05) is 40.0 Å². The first-order valence-electron chi connectivity index (χ1n) is 9.76. The van der Waals surface area contributed by atoms with Crippen LogP contribution in [0.25, 0.3) is 10.9 Å². The van der Waals surface area contributed by atoms with Gasteiger partial charge < -0.3 is 14.5 Å². The Bertz CT molecular complexity index is 658. The second-order valence-electron chi connectivity index (χ2n) is 6.88. The maximum absolute atomic E-state index is 11.4. The van der Waals surface area contributed by atoms with Gasteiger partial charge in [-0.05, 0) is 50.5 Å². The largest absolute Gasteiger partial charge is 0.497 e. The van der Waals surface area contributed by atoms with Gasteiger partial charge in [-0.15, -0.1) is 0 Å². The smallest absolute Gasteiger partial charge is 0.306 e. The zero-order valence-electron chi connectivity index (χ0n) is 17.2. The number of aromatic nitrogens is 1. The highest BCUT2D eigenvalue weighted by molar-refractivity contribution is 5.81. The Hall–Kier alpha value is -1.97. The van der Waals surface area contributed by atoms with E-state index < -0.39 is 0 Å². The van der Waals surface area contributed by atoms with Crippen LogP contribution >= 0.6 is 0 Å². The fourth-order valence-corrected chi connectivity index (χ4v) is 2.93. The Balaban J connectivity index is 0.000000262. The quantitative estimate of drug-likeness (QED) is 0.584. The van der Waals surface area contributed by atoms with Crippen LogP contribution in [0.1, 0.15) is 65.5 Å². The number of carbonyl (C=O) groups excluding carboxylic acids is 1. The van der Waals surface area contributed by atoms with Gasteiger partial charge >= 0.3 is 5.97 Å².